The van der Waals surface area contributed by atoms with E-state index in [2.05, 4.69) is 5.32 Å². The van der Waals surface area contributed by atoms with Crippen LogP contribution in [0.15, 0.2) is 48.0 Å². The summed E-state index contributed by atoms with van der Waals surface area (Å²) in [4.78, 5) is 48.8. The number of methoxy groups -OCH3 is 2. The second-order valence-electron chi connectivity index (χ2n) is 8.90. The van der Waals surface area contributed by atoms with E-state index in [1.807, 2.05) is 0 Å². The molecule has 0 atom stereocenters. The van der Waals surface area contributed by atoms with Gasteiger partial charge in [0, 0.05) is 34.3 Å². The third kappa shape index (κ3) is 5.30. The van der Waals surface area contributed by atoms with E-state index in [1.54, 1.807) is 30.3 Å². The largest absolute Gasteiger partial charge is 0.497 e. The van der Waals surface area contributed by atoms with Crippen molar-refractivity contribution in [2.24, 2.45) is 0 Å². The molecule has 0 fully saturated rings. The quantitative estimate of drug-likeness (QED) is 0.255. The number of carboxylic acids is 2. The van der Waals surface area contributed by atoms with Crippen LogP contribution in [0.1, 0.15) is 51.2 Å². The molecule has 0 unspecified atom stereocenters. The molecule has 1 aromatic heterocycles. The number of hydrogen-bond acceptors (Lipinski definition) is 7. The zero-order valence-corrected chi connectivity index (χ0v) is 21.1. The smallest absolute Gasteiger partial charge is 0.335 e. The first-order valence-corrected chi connectivity index (χ1v) is 12.0. The molecule has 3 aromatic rings. The van der Waals surface area contributed by atoms with E-state index >= 15 is 0 Å². The fourth-order valence-electron chi connectivity index (χ4n) is 4.91. The molecule has 0 spiro atoms. The Kier molecular flexibility index (Phi) is 7.92. The maximum atomic E-state index is 12.8. The number of carboxylic acid groups (broad SMARTS) is 2. The van der Waals surface area contributed by atoms with Gasteiger partial charge in [-0.15, -0.1) is 0 Å². The van der Waals surface area contributed by atoms with E-state index in [4.69, 9.17) is 9.47 Å². The maximum absolute atomic E-state index is 12.8. The van der Waals surface area contributed by atoms with Crippen molar-refractivity contribution in [2.45, 2.75) is 32.4 Å². The Hall–Kier alpha value is -4.44. The molecular weight excluding hydrogens is 492 g/mol. The number of benzene rings is 2. The number of aromatic carboxylic acids is 1. The summed E-state index contributed by atoms with van der Waals surface area (Å²) in [5, 5.41) is 23.0. The number of hydrogen-bond donors (Lipinski definition) is 3. The van der Waals surface area contributed by atoms with Crippen molar-refractivity contribution < 1.29 is 38.9 Å². The van der Waals surface area contributed by atoms with Gasteiger partial charge in [0.25, 0.3) is 0 Å². The number of fused-ring (bicyclic) bond motifs is 1. The fraction of sp³-hybridized carbons (Fsp3) is 0.286. The number of rotatable bonds is 11. The number of Topliss-reactive ketones (excluding diaryl/α,β-unsaturated/α-hetero) is 1. The number of aromatic nitrogens is 1. The SMILES string of the molecule is COC(=O)C1=C(c2c(CNCC(=O)c3ccc(OC)cc3)n(CC(=O)O)c3cc(C(=O)O)ccc23)CCC1. The van der Waals surface area contributed by atoms with Gasteiger partial charge in [-0.2, -0.15) is 0 Å². The lowest BCUT2D eigenvalue weighted by molar-refractivity contribution is -0.138. The number of ether oxygens (including phenoxy) is 2. The minimum atomic E-state index is -1.14. The normalized spacial score (nSPS) is 13.1. The molecule has 2 aromatic carbocycles. The summed E-state index contributed by atoms with van der Waals surface area (Å²) < 4.78 is 11.7. The molecule has 1 aliphatic carbocycles. The Morgan fingerprint density at radius 3 is 2.32 bits per heavy atom. The van der Waals surface area contributed by atoms with E-state index in [0.29, 0.717) is 51.9 Å². The van der Waals surface area contributed by atoms with Crippen LogP contribution in [0.2, 0.25) is 0 Å². The Labute approximate surface area is 218 Å². The van der Waals surface area contributed by atoms with Crippen LogP contribution < -0.4 is 10.1 Å². The molecule has 3 N–H and O–H groups in total. The van der Waals surface area contributed by atoms with Gasteiger partial charge in [0.1, 0.15) is 12.3 Å². The van der Waals surface area contributed by atoms with Gasteiger partial charge in [0.05, 0.1) is 31.8 Å². The monoisotopic (exact) mass is 520 g/mol. The second-order valence-corrected chi connectivity index (χ2v) is 8.90. The summed E-state index contributed by atoms with van der Waals surface area (Å²) >= 11 is 0. The first-order valence-electron chi connectivity index (χ1n) is 12.0. The average Bonchev–Trinajstić information content (AvgIpc) is 3.50. The summed E-state index contributed by atoms with van der Waals surface area (Å²) in [6.45, 7) is -0.340. The molecular formula is C28H28N2O8. The van der Waals surface area contributed by atoms with Crippen molar-refractivity contribution in [1.82, 2.24) is 9.88 Å². The molecule has 0 radical (unpaired) electrons. The molecule has 0 aliphatic heterocycles. The van der Waals surface area contributed by atoms with Crippen LogP contribution >= 0.6 is 0 Å². The van der Waals surface area contributed by atoms with Gasteiger partial charge >= 0.3 is 17.9 Å². The van der Waals surface area contributed by atoms with Gasteiger partial charge in [-0.05, 0) is 61.2 Å². The lowest BCUT2D eigenvalue weighted by atomic mass is 9.97. The van der Waals surface area contributed by atoms with Crippen molar-refractivity contribution in [3.8, 4) is 5.75 Å². The summed E-state index contributed by atoms with van der Waals surface area (Å²) in [6.07, 6.45) is 1.82. The Bertz CT molecular complexity index is 1450. The molecule has 198 valence electrons. The minimum Gasteiger partial charge on any atom is -0.497 e. The highest BCUT2D eigenvalue weighted by atomic mass is 16.5. The predicted molar refractivity (Wildman–Crippen MR) is 138 cm³/mol. The first kappa shape index (κ1) is 26.6. The van der Waals surface area contributed by atoms with Crippen LogP contribution in [0.3, 0.4) is 0 Å². The standard InChI is InChI=1S/C28H28N2O8/c1-37-18-9-6-16(7-10-18)24(31)14-29-13-23-26(19-4-3-5-20(19)28(36)38-2)21-11-8-17(27(34)35)12-22(21)30(23)15-25(32)33/h6-12,29H,3-5,13-15H2,1-2H3,(H,32,33)(H,34,35). The number of carbonyl (C=O) groups excluding carboxylic acids is 2. The van der Waals surface area contributed by atoms with E-state index < -0.39 is 24.5 Å². The van der Waals surface area contributed by atoms with Crippen LogP contribution in [-0.4, -0.2) is 59.2 Å². The van der Waals surface area contributed by atoms with Crippen LogP contribution in [0.5, 0.6) is 5.75 Å². The predicted octanol–water partition coefficient (Wildman–Crippen LogP) is 3.52. The van der Waals surface area contributed by atoms with Crippen molar-refractivity contribution in [2.75, 3.05) is 20.8 Å². The highest BCUT2D eigenvalue weighted by molar-refractivity contribution is 6.06. The number of ketones is 1. The van der Waals surface area contributed by atoms with Crippen LogP contribution in [0.4, 0.5) is 0 Å². The molecule has 4 rings (SSSR count). The van der Waals surface area contributed by atoms with E-state index in [1.165, 1.54) is 30.9 Å². The van der Waals surface area contributed by atoms with Gasteiger partial charge < -0.3 is 29.6 Å². The summed E-state index contributed by atoms with van der Waals surface area (Å²) in [5.41, 5.74) is 3.39. The van der Waals surface area contributed by atoms with E-state index in [0.717, 1.165) is 12.0 Å². The second kappa shape index (κ2) is 11.3. The van der Waals surface area contributed by atoms with Gasteiger partial charge in [0.15, 0.2) is 5.78 Å². The number of allylic oxidation sites excluding steroid dienone is 1. The van der Waals surface area contributed by atoms with Crippen LogP contribution in [0, 0.1) is 0 Å². The third-order valence-corrected chi connectivity index (χ3v) is 6.65. The Morgan fingerprint density at radius 2 is 1.68 bits per heavy atom. The minimum absolute atomic E-state index is 0.0102. The summed E-state index contributed by atoms with van der Waals surface area (Å²) in [5.74, 6) is -2.25. The number of nitrogens with zero attached hydrogens (tertiary/aromatic N) is 1. The van der Waals surface area contributed by atoms with Crippen LogP contribution in [-0.2, 0) is 27.4 Å². The lowest BCUT2D eigenvalue weighted by Crippen LogP contribution is -2.25. The molecule has 0 bridgehead atoms. The number of carbonyl (C=O) groups is 4. The van der Waals surface area contributed by atoms with Gasteiger partial charge in [0.2, 0.25) is 0 Å². The zero-order chi connectivity index (χ0) is 27.4. The van der Waals surface area contributed by atoms with Crippen molar-refractivity contribution in [3.63, 3.8) is 0 Å². The molecule has 0 saturated carbocycles. The maximum Gasteiger partial charge on any atom is 0.335 e. The van der Waals surface area contributed by atoms with Crippen molar-refractivity contribution in [1.29, 1.82) is 0 Å². The molecule has 1 aliphatic rings. The molecule has 10 heteroatoms. The zero-order valence-electron chi connectivity index (χ0n) is 21.1. The fourth-order valence-corrected chi connectivity index (χ4v) is 4.91. The van der Waals surface area contributed by atoms with Crippen molar-refractivity contribution >= 4 is 40.2 Å². The third-order valence-electron chi connectivity index (χ3n) is 6.65. The Balaban J connectivity index is 1.79. The first-order chi connectivity index (χ1) is 18.2. The number of esters is 1. The number of aliphatic carboxylic acids is 1. The molecule has 0 amide bonds. The topological polar surface area (TPSA) is 144 Å². The lowest BCUT2D eigenvalue weighted by Gasteiger charge is -2.13. The van der Waals surface area contributed by atoms with Crippen molar-refractivity contribution in [3.05, 3.63) is 70.4 Å². The molecule has 38 heavy (non-hydrogen) atoms. The van der Waals surface area contributed by atoms with E-state index in [9.17, 15) is 29.4 Å². The van der Waals surface area contributed by atoms with Gasteiger partial charge in [-0.1, -0.05) is 6.07 Å². The summed E-state index contributed by atoms with van der Waals surface area (Å²) in [7, 11) is 2.85. The van der Waals surface area contributed by atoms with Crippen LogP contribution in [0.25, 0.3) is 16.5 Å². The highest BCUT2D eigenvalue weighted by Crippen LogP contribution is 2.41. The van der Waals surface area contributed by atoms with E-state index in [-0.39, 0.29) is 24.4 Å². The summed E-state index contributed by atoms with van der Waals surface area (Å²) in [6, 6.07) is 11.2. The Morgan fingerprint density at radius 1 is 0.974 bits per heavy atom. The van der Waals surface area contributed by atoms with Gasteiger partial charge in [-0.3, -0.25) is 9.59 Å². The number of nitrogens with one attached hydrogen (secondary N) is 1. The average molecular weight is 521 g/mol. The van der Waals surface area contributed by atoms with Gasteiger partial charge in [-0.25, -0.2) is 9.59 Å². The molecule has 10 nitrogen and oxygen atoms in total. The highest BCUT2D eigenvalue weighted by Gasteiger charge is 2.29. The molecule has 1 heterocycles. The molecule has 0 saturated heterocycles.